The molecule has 0 amide bonds. The molecule has 0 aliphatic rings. The summed E-state index contributed by atoms with van der Waals surface area (Å²) in [5, 5.41) is 30.5. The van der Waals surface area contributed by atoms with E-state index in [9.17, 15) is 25.0 Å². The van der Waals surface area contributed by atoms with Gasteiger partial charge in [0.1, 0.15) is 11.8 Å². The van der Waals surface area contributed by atoms with Gasteiger partial charge in [-0.1, -0.05) is 12.1 Å². The van der Waals surface area contributed by atoms with Crippen LogP contribution in [0.15, 0.2) is 42.5 Å². The van der Waals surface area contributed by atoms with Crippen LogP contribution < -0.4 is 10.5 Å². The Balaban J connectivity index is 2.20. The molecule has 0 fully saturated rings. The maximum absolute atomic E-state index is 11.1. The Labute approximate surface area is 140 Å². The average molecular weight is 347 g/mol. The van der Waals surface area contributed by atoms with E-state index in [4.69, 9.17) is 15.6 Å². The molecule has 10 nitrogen and oxygen atoms in total. The van der Waals surface area contributed by atoms with E-state index in [1.807, 2.05) is 0 Å². The first-order valence-electron chi connectivity index (χ1n) is 6.96. The van der Waals surface area contributed by atoms with Crippen molar-refractivity contribution in [1.82, 2.24) is 0 Å². The molecule has 0 bridgehead atoms. The van der Waals surface area contributed by atoms with Crippen LogP contribution in [0.3, 0.4) is 0 Å². The molecule has 3 N–H and O–H groups in total. The van der Waals surface area contributed by atoms with Gasteiger partial charge < -0.3 is 15.6 Å². The van der Waals surface area contributed by atoms with Crippen molar-refractivity contribution in [3.05, 3.63) is 68.3 Å². The van der Waals surface area contributed by atoms with Crippen molar-refractivity contribution in [2.45, 2.75) is 12.5 Å². The SMILES string of the molecule is NC(Cc1ccc(Oc2ccc([N+](=O)[O-])cc2[N+](=O)[O-])cc1)C(=O)O. The molecule has 0 spiro atoms. The van der Waals surface area contributed by atoms with E-state index in [1.54, 1.807) is 12.1 Å². The van der Waals surface area contributed by atoms with Gasteiger partial charge in [0.05, 0.1) is 15.9 Å². The maximum atomic E-state index is 11.1. The Kier molecular flexibility index (Phi) is 5.25. The molecule has 25 heavy (non-hydrogen) atoms. The fourth-order valence-corrected chi connectivity index (χ4v) is 2.01. The van der Waals surface area contributed by atoms with Crippen molar-refractivity contribution in [1.29, 1.82) is 0 Å². The molecule has 0 saturated carbocycles. The molecule has 0 heterocycles. The molecular formula is C15H13N3O7. The molecule has 2 aromatic carbocycles. The molecule has 0 aliphatic carbocycles. The summed E-state index contributed by atoms with van der Waals surface area (Å²) in [7, 11) is 0. The summed E-state index contributed by atoms with van der Waals surface area (Å²) in [5.41, 5.74) is 5.14. The second-order valence-corrected chi connectivity index (χ2v) is 5.06. The number of nitro groups is 2. The summed E-state index contributed by atoms with van der Waals surface area (Å²) >= 11 is 0. The van der Waals surface area contributed by atoms with Crippen molar-refractivity contribution in [3.8, 4) is 11.5 Å². The number of benzene rings is 2. The van der Waals surface area contributed by atoms with Crippen molar-refractivity contribution < 1.29 is 24.5 Å². The molecule has 2 rings (SSSR count). The van der Waals surface area contributed by atoms with E-state index in [1.165, 1.54) is 12.1 Å². The van der Waals surface area contributed by atoms with Crippen LogP contribution in [0.5, 0.6) is 11.5 Å². The number of nitrogens with two attached hydrogens (primary N) is 1. The topological polar surface area (TPSA) is 159 Å². The number of non-ortho nitro benzene ring substituents is 1. The third-order valence-corrected chi connectivity index (χ3v) is 3.27. The lowest BCUT2D eigenvalue weighted by atomic mass is 10.1. The number of hydrogen-bond donors (Lipinski definition) is 2. The minimum absolute atomic E-state index is 0.118. The first-order valence-corrected chi connectivity index (χ1v) is 6.96. The highest BCUT2D eigenvalue weighted by atomic mass is 16.6. The number of hydrogen-bond acceptors (Lipinski definition) is 7. The quantitative estimate of drug-likeness (QED) is 0.569. The zero-order valence-electron chi connectivity index (χ0n) is 12.7. The van der Waals surface area contributed by atoms with Crippen molar-refractivity contribution in [3.63, 3.8) is 0 Å². The van der Waals surface area contributed by atoms with Gasteiger partial charge in [-0.05, 0) is 30.2 Å². The molecule has 1 atom stereocenters. The molecule has 0 aliphatic heterocycles. The smallest absolute Gasteiger partial charge is 0.320 e. The summed E-state index contributed by atoms with van der Waals surface area (Å²) in [4.78, 5) is 31.0. The zero-order chi connectivity index (χ0) is 18.6. The predicted molar refractivity (Wildman–Crippen MR) is 85.6 cm³/mol. The number of rotatable bonds is 7. The number of ether oxygens (including phenoxy) is 1. The fraction of sp³-hybridized carbons (Fsp3) is 0.133. The minimum Gasteiger partial charge on any atom is -0.480 e. The van der Waals surface area contributed by atoms with Gasteiger partial charge >= 0.3 is 11.7 Å². The van der Waals surface area contributed by atoms with Gasteiger partial charge in [-0.3, -0.25) is 25.0 Å². The van der Waals surface area contributed by atoms with E-state index < -0.39 is 33.2 Å². The number of carbonyl (C=O) groups is 1. The Hall–Kier alpha value is -3.53. The normalized spacial score (nSPS) is 11.6. The minimum atomic E-state index is -1.12. The maximum Gasteiger partial charge on any atom is 0.320 e. The average Bonchev–Trinajstić information content (AvgIpc) is 2.56. The van der Waals surface area contributed by atoms with Crippen LogP contribution in [0.25, 0.3) is 0 Å². The number of aliphatic carboxylic acids is 1. The molecule has 1 unspecified atom stereocenters. The fourth-order valence-electron chi connectivity index (χ4n) is 2.01. The van der Waals surface area contributed by atoms with Gasteiger partial charge in [-0.15, -0.1) is 0 Å². The lowest BCUT2D eigenvalue weighted by Crippen LogP contribution is -2.32. The summed E-state index contributed by atoms with van der Waals surface area (Å²) in [6.07, 6.45) is 0.118. The van der Waals surface area contributed by atoms with Gasteiger partial charge in [-0.2, -0.15) is 0 Å². The second-order valence-electron chi connectivity index (χ2n) is 5.06. The molecular weight excluding hydrogens is 334 g/mol. The lowest BCUT2D eigenvalue weighted by molar-refractivity contribution is -0.394. The third kappa shape index (κ3) is 4.48. The predicted octanol–water partition coefficient (Wildman–Crippen LogP) is 2.25. The summed E-state index contributed by atoms with van der Waals surface area (Å²) < 4.78 is 5.40. The molecule has 0 saturated heterocycles. The Bertz CT molecular complexity index is 820. The molecule has 2 aromatic rings. The molecule has 10 heteroatoms. The van der Waals surface area contributed by atoms with Crippen molar-refractivity contribution in [2.24, 2.45) is 5.73 Å². The molecule has 130 valence electrons. The highest BCUT2D eigenvalue weighted by Crippen LogP contribution is 2.34. The number of carboxylic acids is 1. The van der Waals surface area contributed by atoms with Gasteiger partial charge in [0.25, 0.3) is 5.69 Å². The molecule has 0 radical (unpaired) electrons. The summed E-state index contributed by atoms with van der Waals surface area (Å²) in [6, 6.07) is 8.17. The van der Waals surface area contributed by atoms with Gasteiger partial charge in [0.2, 0.25) is 5.75 Å². The van der Waals surface area contributed by atoms with Crippen molar-refractivity contribution in [2.75, 3.05) is 0 Å². The van der Waals surface area contributed by atoms with Crippen LogP contribution in [-0.4, -0.2) is 27.0 Å². The summed E-state index contributed by atoms with van der Waals surface area (Å²) in [6.45, 7) is 0. The van der Waals surface area contributed by atoms with Crippen LogP contribution in [0, 0.1) is 20.2 Å². The van der Waals surface area contributed by atoms with Gasteiger partial charge in [-0.25, -0.2) is 0 Å². The van der Waals surface area contributed by atoms with Crippen LogP contribution in [-0.2, 0) is 11.2 Å². The van der Waals surface area contributed by atoms with Crippen LogP contribution >= 0.6 is 0 Å². The van der Waals surface area contributed by atoms with Gasteiger partial charge in [0, 0.05) is 6.07 Å². The number of carboxylic acid groups (broad SMARTS) is 1. The second kappa shape index (κ2) is 7.36. The lowest BCUT2D eigenvalue weighted by Gasteiger charge is -2.09. The van der Waals surface area contributed by atoms with E-state index in [-0.39, 0.29) is 17.9 Å². The van der Waals surface area contributed by atoms with Gasteiger partial charge in [0.15, 0.2) is 0 Å². The zero-order valence-corrected chi connectivity index (χ0v) is 12.7. The van der Waals surface area contributed by atoms with E-state index >= 15 is 0 Å². The number of nitro benzene ring substituents is 2. The standard InChI is InChI=1S/C15H13N3O7/c16-12(15(19)20)7-9-1-4-11(5-2-9)25-14-6-3-10(17(21)22)8-13(14)18(23)24/h1-6,8,12H,7,16H2,(H,19,20). The van der Waals surface area contributed by atoms with Crippen LogP contribution in [0.1, 0.15) is 5.56 Å². The molecule has 0 aromatic heterocycles. The van der Waals surface area contributed by atoms with E-state index in [2.05, 4.69) is 0 Å². The summed E-state index contributed by atoms with van der Waals surface area (Å²) in [5.74, 6) is -1.02. The van der Waals surface area contributed by atoms with Crippen molar-refractivity contribution >= 4 is 17.3 Å². The monoisotopic (exact) mass is 347 g/mol. The number of nitrogens with zero attached hydrogens (tertiary/aromatic N) is 2. The van der Waals surface area contributed by atoms with Crippen LogP contribution in [0.4, 0.5) is 11.4 Å². The largest absolute Gasteiger partial charge is 0.480 e. The third-order valence-electron chi connectivity index (χ3n) is 3.27. The van der Waals surface area contributed by atoms with E-state index in [0.29, 0.717) is 5.56 Å². The Morgan fingerprint density at radius 3 is 2.28 bits per heavy atom. The Morgan fingerprint density at radius 1 is 1.12 bits per heavy atom. The first kappa shape index (κ1) is 17.8. The highest BCUT2D eigenvalue weighted by molar-refractivity contribution is 5.73. The van der Waals surface area contributed by atoms with E-state index in [0.717, 1.165) is 18.2 Å². The highest BCUT2D eigenvalue weighted by Gasteiger charge is 2.21. The van der Waals surface area contributed by atoms with Crippen LogP contribution in [0.2, 0.25) is 0 Å². The first-order chi connectivity index (χ1) is 11.8. The Morgan fingerprint density at radius 2 is 1.76 bits per heavy atom.